The number of carbonyl (C=O) groups is 2. The van der Waals surface area contributed by atoms with Crippen LogP contribution in [0.5, 0.6) is 0 Å². The molecular formula is C19H20Cl3F2N5O2S. The lowest BCUT2D eigenvalue weighted by Gasteiger charge is -2.14. The maximum Gasteiger partial charge on any atom is 0.269 e. The minimum atomic E-state index is -1.21. The van der Waals surface area contributed by atoms with Crippen molar-refractivity contribution in [3.63, 3.8) is 0 Å². The number of thiazole rings is 1. The summed E-state index contributed by atoms with van der Waals surface area (Å²) in [5, 5.41) is 11.9. The fourth-order valence-electron chi connectivity index (χ4n) is 2.37. The average Bonchev–Trinajstić information content (AvgIpc) is 3.32. The molecule has 0 fully saturated rings. The third-order valence-corrected chi connectivity index (χ3v) is 5.75. The summed E-state index contributed by atoms with van der Waals surface area (Å²) in [7, 11) is 0. The third kappa shape index (κ3) is 6.61. The summed E-state index contributed by atoms with van der Waals surface area (Å²) in [4.78, 5) is 29.9. The smallest absolute Gasteiger partial charge is 0.269 e. The molecule has 3 N–H and O–H groups in total. The number of amides is 2. The van der Waals surface area contributed by atoms with Crippen LogP contribution in [0, 0.1) is 11.6 Å². The number of hydrogen-bond acceptors (Lipinski definition) is 5. The second kappa shape index (κ2) is 11.0. The molecule has 7 nitrogen and oxygen atoms in total. The van der Waals surface area contributed by atoms with Gasteiger partial charge in [-0.15, -0.1) is 36.2 Å². The van der Waals surface area contributed by atoms with Crippen molar-refractivity contribution in [1.29, 1.82) is 0 Å². The van der Waals surface area contributed by atoms with Gasteiger partial charge in [-0.3, -0.25) is 14.7 Å². The van der Waals surface area contributed by atoms with Crippen molar-refractivity contribution in [2.45, 2.75) is 32.7 Å². The van der Waals surface area contributed by atoms with Crippen molar-refractivity contribution in [2.24, 2.45) is 0 Å². The molecule has 3 rings (SSSR count). The lowest BCUT2D eigenvalue weighted by molar-refractivity contribution is 0.0945. The van der Waals surface area contributed by atoms with Crippen LogP contribution in [0.3, 0.4) is 0 Å². The summed E-state index contributed by atoms with van der Waals surface area (Å²) < 4.78 is 26.5. The Labute approximate surface area is 204 Å². The topological polar surface area (TPSA) is 99.8 Å². The van der Waals surface area contributed by atoms with Crippen molar-refractivity contribution in [2.75, 3.05) is 5.32 Å². The number of carbonyl (C=O) groups excluding carboxylic acids is 2. The van der Waals surface area contributed by atoms with Gasteiger partial charge in [-0.1, -0.05) is 32.4 Å². The number of aromatic amines is 1. The van der Waals surface area contributed by atoms with E-state index in [2.05, 4.69) is 46.6 Å². The van der Waals surface area contributed by atoms with Crippen molar-refractivity contribution < 1.29 is 18.4 Å². The van der Waals surface area contributed by atoms with E-state index in [0.717, 1.165) is 9.88 Å². The highest BCUT2D eigenvalue weighted by atomic mass is 35.5. The molecule has 3 aromatic rings. The predicted octanol–water partition coefficient (Wildman–Crippen LogP) is 5.12. The van der Waals surface area contributed by atoms with E-state index in [1.165, 1.54) is 17.4 Å². The molecule has 0 aliphatic carbocycles. The number of halogens is 5. The number of nitrogens with one attached hydrogen (secondary N) is 3. The summed E-state index contributed by atoms with van der Waals surface area (Å²) in [6.45, 7) is 6.48. The van der Waals surface area contributed by atoms with Gasteiger partial charge < -0.3 is 10.6 Å². The normalized spacial score (nSPS) is 10.7. The van der Waals surface area contributed by atoms with E-state index in [1.54, 1.807) is 6.20 Å². The first-order chi connectivity index (χ1) is 14.0. The number of hydrogen-bond donors (Lipinski definition) is 3. The van der Waals surface area contributed by atoms with Gasteiger partial charge in [0.2, 0.25) is 0 Å². The fraction of sp³-hybridized carbons (Fsp3) is 0.263. The molecule has 0 unspecified atom stereocenters. The predicted molar refractivity (Wildman–Crippen MR) is 124 cm³/mol. The molecule has 174 valence electrons. The molecule has 2 aromatic heterocycles. The molecule has 2 amide bonds. The number of anilines is 1. The Kier molecular flexibility index (Phi) is 9.58. The highest BCUT2D eigenvalue weighted by molar-refractivity contribution is 7.11. The zero-order chi connectivity index (χ0) is 22.1. The second-order valence-electron chi connectivity index (χ2n) is 7.42. The van der Waals surface area contributed by atoms with Gasteiger partial charge in [0.1, 0.15) is 10.7 Å². The van der Waals surface area contributed by atoms with Crippen LogP contribution in [-0.4, -0.2) is 27.0 Å². The summed E-state index contributed by atoms with van der Waals surface area (Å²) in [6.07, 6.45) is 1.79. The second-order valence-corrected chi connectivity index (χ2v) is 8.94. The minimum absolute atomic E-state index is 0. The van der Waals surface area contributed by atoms with Gasteiger partial charge in [0.15, 0.2) is 17.5 Å². The SMILES string of the molecule is CC(C)(C)c1cnc(CNC(=O)c2cc(NC(=O)c3cc(F)c(F)cc3Cl)n[nH]2)s1.Cl.Cl. The van der Waals surface area contributed by atoms with E-state index >= 15 is 0 Å². The van der Waals surface area contributed by atoms with Crippen molar-refractivity contribution in [3.05, 3.63) is 62.2 Å². The largest absolute Gasteiger partial charge is 0.344 e. The van der Waals surface area contributed by atoms with Crippen LogP contribution < -0.4 is 10.6 Å². The van der Waals surface area contributed by atoms with Gasteiger partial charge in [0.25, 0.3) is 11.8 Å². The Morgan fingerprint density at radius 1 is 1.12 bits per heavy atom. The summed E-state index contributed by atoms with van der Waals surface area (Å²) in [5.41, 5.74) is -0.176. The Bertz CT molecular complexity index is 1110. The summed E-state index contributed by atoms with van der Waals surface area (Å²) in [6, 6.07) is 2.70. The Balaban J connectivity index is 0.00000256. The molecule has 0 radical (unpaired) electrons. The molecule has 0 saturated carbocycles. The number of aromatic nitrogens is 3. The molecular weight excluding hydrogens is 507 g/mol. The van der Waals surface area contributed by atoms with Crippen LogP contribution in [0.25, 0.3) is 0 Å². The summed E-state index contributed by atoms with van der Waals surface area (Å²) >= 11 is 7.30. The number of benzene rings is 1. The monoisotopic (exact) mass is 525 g/mol. The zero-order valence-corrected chi connectivity index (χ0v) is 20.3. The standard InChI is InChI=1S/C19H18ClF2N5O2S.2ClH/c1-19(2,3)14-7-23-16(30-14)8-24-18(29)13-6-15(27-26-13)25-17(28)9-4-11(21)12(22)5-10(9)20;;/h4-7H,8H2,1-3H3,(H,24,29)(H2,25,26,27,28);2*1H. The van der Waals surface area contributed by atoms with E-state index in [4.69, 9.17) is 11.6 Å². The van der Waals surface area contributed by atoms with Crippen LogP contribution in [0.4, 0.5) is 14.6 Å². The molecule has 13 heteroatoms. The fourth-order valence-corrected chi connectivity index (χ4v) is 3.52. The molecule has 32 heavy (non-hydrogen) atoms. The van der Waals surface area contributed by atoms with Crippen LogP contribution in [0.1, 0.15) is 51.5 Å². The van der Waals surface area contributed by atoms with E-state index in [-0.39, 0.29) is 58.9 Å². The quantitative estimate of drug-likeness (QED) is 0.402. The van der Waals surface area contributed by atoms with Crippen molar-refractivity contribution in [1.82, 2.24) is 20.5 Å². The Morgan fingerprint density at radius 2 is 1.78 bits per heavy atom. The first-order valence-electron chi connectivity index (χ1n) is 8.79. The van der Waals surface area contributed by atoms with E-state index in [9.17, 15) is 18.4 Å². The lowest BCUT2D eigenvalue weighted by Crippen LogP contribution is -2.23. The first-order valence-corrected chi connectivity index (χ1v) is 9.98. The highest BCUT2D eigenvalue weighted by Crippen LogP contribution is 2.27. The van der Waals surface area contributed by atoms with Crippen LogP contribution in [0.15, 0.2) is 24.4 Å². The molecule has 0 aliphatic heterocycles. The number of rotatable bonds is 5. The van der Waals surface area contributed by atoms with Crippen molar-refractivity contribution >= 4 is 65.4 Å². The number of nitrogens with zero attached hydrogens (tertiary/aromatic N) is 2. The molecule has 0 saturated heterocycles. The highest BCUT2D eigenvalue weighted by Gasteiger charge is 2.19. The average molecular weight is 527 g/mol. The zero-order valence-electron chi connectivity index (χ0n) is 17.1. The van der Waals surface area contributed by atoms with Gasteiger partial charge >= 0.3 is 0 Å². The van der Waals surface area contributed by atoms with E-state index in [0.29, 0.717) is 12.1 Å². The van der Waals surface area contributed by atoms with Crippen LogP contribution in [0.2, 0.25) is 5.02 Å². The molecule has 1 aromatic carbocycles. The van der Waals surface area contributed by atoms with E-state index in [1.807, 2.05) is 0 Å². The molecule has 0 atom stereocenters. The van der Waals surface area contributed by atoms with Gasteiger partial charge in [0.05, 0.1) is 17.1 Å². The molecule has 2 heterocycles. The first kappa shape index (κ1) is 27.8. The van der Waals surface area contributed by atoms with Crippen molar-refractivity contribution in [3.8, 4) is 0 Å². The van der Waals surface area contributed by atoms with Gasteiger partial charge in [-0.05, 0) is 17.5 Å². The van der Waals surface area contributed by atoms with Gasteiger partial charge in [-0.2, -0.15) is 5.10 Å². The minimum Gasteiger partial charge on any atom is -0.344 e. The number of H-pyrrole nitrogens is 1. The molecule has 0 aliphatic rings. The maximum absolute atomic E-state index is 13.4. The lowest BCUT2D eigenvalue weighted by atomic mass is 9.96. The summed E-state index contributed by atoms with van der Waals surface area (Å²) in [5.74, 6) is -3.58. The molecule has 0 spiro atoms. The molecule has 0 bridgehead atoms. The van der Waals surface area contributed by atoms with Crippen LogP contribution in [-0.2, 0) is 12.0 Å². The third-order valence-electron chi connectivity index (χ3n) is 4.01. The van der Waals surface area contributed by atoms with Gasteiger partial charge in [-0.25, -0.2) is 13.8 Å². The van der Waals surface area contributed by atoms with E-state index < -0.39 is 23.4 Å². The maximum atomic E-state index is 13.4. The van der Waals surface area contributed by atoms with Crippen LogP contribution >= 0.6 is 47.8 Å². The Hall–Kier alpha value is -2.27. The Morgan fingerprint density at radius 3 is 2.41 bits per heavy atom. The van der Waals surface area contributed by atoms with Gasteiger partial charge in [0, 0.05) is 17.1 Å².